The molecule has 0 saturated carbocycles. The van der Waals surface area contributed by atoms with Crippen LogP contribution in [0.4, 0.5) is 23.4 Å². The Bertz CT molecular complexity index is 1960. The van der Waals surface area contributed by atoms with Crippen LogP contribution in [0.3, 0.4) is 0 Å². The van der Waals surface area contributed by atoms with E-state index in [0.717, 1.165) is 25.5 Å². The van der Waals surface area contributed by atoms with E-state index in [0.29, 0.717) is 68.8 Å². The van der Waals surface area contributed by atoms with Gasteiger partial charge in [0.1, 0.15) is 29.8 Å². The van der Waals surface area contributed by atoms with E-state index in [9.17, 15) is 13.6 Å². The molecule has 4 aliphatic heterocycles. The molecule has 4 aliphatic rings. The number of piperazine rings is 1. The van der Waals surface area contributed by atoms with Gasteiger partial charge >= 0.3 is 6.01 Å². The first-order chi connectivity index (χ1) is 23.2. The topological polar surface area (TPSA) is 83.9 Å². The Morgan fingerprint density at radius 1 is 1.10 bits per heavy atom. The van der Waals surface area contributed by atoms with E-state index in [2.05, 4.69) is 21.4 Å². The van der Waals surface area contributed by atoms with Crippen molar-refractivity contribution < 1.29 is 31.8 Å². The number of carbonyl (C=O) groups is 1. The minimum Gasteiger partial charge on any atom is -0.461 e. The second-order valence-electron chi connectivity index (χ2n) is 13.3. The molecule has 0 radical (unpaired) electrons. The largest absolute Gasteiger partial charge is 0.461 e. The minimum atomic E-state index is -1.10. The summed E-state index contributed by atoms with van der Waals surface area (Å²) in [4.78, 5) is 32.4. The number of nitrogens with zero attached hydrogens (tertiary/aromatic N) is 6. The fourth-order valence-corrected chi connectivity index (χ4v) is 8.22. The maximum Gasteiger partial charge on any atom is 0.319 e. The van der Waals surface area contributed by atoms with Crippen LogP contribution in [0.5, 0.6) is 6.01 Å². The number of benzene rings is 2. The third-order valence-corrected chi connectivity index (χ3v) is 10.5. The summed E-state index contributed by atoms with van der Waals surface area (Å²) >= 11 is 0. The smallest absolute Gasteiger partial charge is 0.319 e. The van der Waals surface area contributed by atoms with Crippen molar-refractivity contribution in [1.82, 2.24) is 24.8 Å². The molecule has 3 atom stereocenters. The van der Waals surface area contributed by atoms with Crippen molar-refractivity contribution in [2.75, 3.05) is 57.4 Å². The molecule has 6 heterocycles. The van der Waals surface area contributed by atoms with E-state index in [1.807, 2.05) is 4.90 Å². The van der Waals surface area contributed by atoms with Crippen molar-refractivity contribution in [2.45, 2.75) is 42.9 Å². The van der Waals surface area contributed by atoms with Crippen LogP contribution in [0.1, 0.15) is 25.7 Å². The lowest BCUT2D eigenvalue weighted by atomic mass is 9.92. The Morgan fingerprint density at radius 2 is 1.98 bits per heavy atom. The predicted molar refractivity (Wildman–Crippen MR) is 171 cm³/mol. The molecule has 4 saturated heterocycles. The van der Waals surface area contributed by atoms with Gasteiger partial charge in [-0.25, -0.2) is 17.6 Å². The number of anilines is 1. The number of alkyl halides is 1. The first kappa shape index (κ1) is 30.9. The molecule has 2 aromatic heterocycles. The summed E-state index contributed by atoms with van der Waals surface area (Å²) in [6, 6.07) is 7.09. The summed E-state index contributed by atoms with van der Waals surface area (Å²) in [7, 11) is 0. The van der Waals surface area contributed by atoms with Crippen LogP contribution < -0.4 is 9.64 Å². The summed E-state index contributed by atoms with van der Waals surface area (Å²) in [6.45, 7) is 6.77. The Balaban J connectivity index is 1.25. The van der Waals surface area contributed by atoms with Crippen LogP contribution in [0.2, 0.25) is 0 Å². The lowest BCUT2D eigenvalue weighted by Crippen LogP contribution is -2.64. The van der Waals surface area contributed by atoms with Gasteiger partial charge < -0.3 is 19.3 Å². The van der Waals surface area contributed by atoms with Crippen molar-refractivity contribution in [3.63, 3.8) is 0 Å². The minimum absolute atomic E-state index is 0.0746. The molecule has 1 amide bonds. The van der Waals surface area contributed by atoms with Gasteiger partial charge in [-0.05, 0) is 43.3 Å². The second-order valence-corrected chi connectivity index (χ2v) is 13.3. The maximum absolute atomic E-state index is 16.8. The molecule has 4 fully saturated rings. The third-order valence-electron chi connectivity index (χ3n) is 10.5. The van der Waals surface area contributed by atoms with Gasteiger partial charge in [0, 0.05) is 56.4 Å². The van der Waals surface area contributed by atoms with Crippen LogP contribution >= 0.6 is 0 Å². The highest BCUT2D eigenvalue weighted by Crippen LogP contribution is 2.42. The monoisotopic (exact) mass is 662 g/mol. The Kier molecular flexibility index (Phi) is 7.51. The molecule has 8 rings (SSSR count). The highest BCUT2D eigenvalue weighted by atomic mass is 19.2. The van der Waals surface area contributed by atoms with Crippen LogP contribution in [0, 0.1) is 17.5 Å². The number of pyridine rings is 1. The van der Waals surface area contributed by atoms with Crippen molar-refractivity contribution in [2.24, 2.45) is 0 Å². The zero-order valence-electron chi connectivity index (χ0n) is 26.2. The van der Waals surface area contributed by atoms with Gasteiger partial charge in [0.05, 0.1) is 23.1 Å². The fourth-order valence-electron chi connectivity index (χ4n) is 8.22. The Labute approximate surface area is 274 Å². The lowest BCUT2D eigenvalue weighted by molar-refractivity contribution is -0.133. The summed E-state index contributed by atoms with van der Waals surface area (Å²) < 4.78 is 72.8. The van der Waals surface area contributed by atoms with E-state index in [4.69, 9.17) is 14.5 Å². The van der Waals surface area contributed by atoms with E-state index < -0.39 is 34.7 Å². The Hall–Kier alpha value is -4.36. The zero-order chi connectivity index (χ0) is 33.2. The number of amides is 1. The SMILES string of the molecule is C=CC(=O)N1CCN(c2nc(OC[C@@]34CCCN3CC(F)C4)nc3c(F)c(-c4cccc5ccc(F)c(F)c45)ncc23)CC12CCOC2. The highest BCUT2D eigenvalue weighted by molar-refractivity contribution is 5.99. The summed E-state index contributed by atoms with van der Waals surface area (Å²) in [5.74, 6) is -2.84. The van der Waals surface area contributed by atoms with Crippen molar-refractivity contribution in [3.8, 4) is 17.3 Å². The van der Waals surface area contributed by atoms with Gasteiger partial charge in [-0.2, -0.15) is 9.97 Å². The van der Waals surface area contributed by atoms with Gasteiger partial charge in [0.2, 0.25) is 5.91 Å². The van der Waals surface area contributed by atoms with Crippen LogP contribution in [0.15, 0.2) is 49.2 Å². The number of ether oxygens (including phenoxy) is 2. The molecule has 0 aliphatic carbocycles. The number of carbonyl (C=O) groups excluding carboxylic acids is 1. The molecule has 2 unspecified atom stereocenters. The molecule has 0 bridgehead atoms. The highest BCUT2D eigenvalue weighted by Gasteiger charge is 2.50. The van der Waals surface area contributed by atoms with Gasteiger partial charge in [-0.15, -0.1) is 0 Å². The Morgan fingerprint density at radius 3 is 2.79 bits per heavy atom. The average molecular weight is 663 g/mol. The normalized spacial score (nSPS) is 25.8. The van der Waals surface area contributed by atoms with Gasteiger partial charge in [-0.3, -0.25) is 14.7 Å². The molecule has 4 aromatic rings. The molecule has 48 heavy (non-hydrogen) atoms. The van der Waals surface area contributed by atoms with E-state index in [1.54, 1.807) is 17.0 Å². The first-order valence-electron chi connectivity index (χ1n) is 16.2. The quantitative estimate of drug-likeness (QED) is 0.206. The molecule has 1 spiro atoms. The fraction of sp³-hybridized carbons (Fsp3) is 0.429. The number of aromatic nitrogens is 3. The molecular weight excluding hydrogens is 628 g/mol. The van der Waals surface area contributed by atoms with Gasteiger partial charge in [0.15, 0.2) is 17.5 Å². The van der Waals surface area contributed by atoms with Crippen LogP contribution in [0.25, 0.3) is 32.9 Å². The molecule has 13 heteroatoms. The standard InChI is InChI=1S/C35H34F4N6O3/c1-2-26(46)45-13-12-43(18-35(45)10-14-47-19-35)32-24-16-40-30(23-6-3-5-21-7-8-25(37)28(38)27(21)23)29(39)31(24)41-33(42-32)48-20-34-9-4-11-44(34)17-22(36)15-34/h2-3,5-8,16,22H,1,4,9-15,17-20H2/t22?,34-,35?/m0/s1. The number of rotatable bonds is 6. The third kappa shape index (κ3) is 4.89. The lowest BCUT2D eigenvalue weighted by Gasteiger charge is -2.48. The summed E-state index contributed by atoms with van der Waals surface area (Å²) in [5, 5.41) is 0.584. The molecule has 9 nitrogen and oxygen atoms in total. The van der Waals surface area contributed by atoms with Crippen molar-refractivity contribution >= 4 is 33.4 Å². The van der Waals surface area contributed by atoms with Crippen LogP contribution in [-0.2, 0) is 9.53 Å². The molecule has 2 aromatic carbocycles. The van der Waals surface area contributed by atoms with E-state index in [-0.39, 0.29) is 40.7 Å². The van der Waals surface area contributed by atoms with Crippen molar-refractivity contribution in [3.05, 3.63) is 66.6 Å². The maximum atomic E-state index is 16.8. The molecule has 250 valence electrons. The number of hydrogen-bond acceptors (Lipinski definition) is 8. The zero-order valence-corrected chi connectivity index (χ0v) is 26.2. The number of hydrogen-bond donors (Lipinski definition) is 0. The first-order valence-corrected chi connectivity index (χ1v) is 16.2. The summed E-state index contributed by atoms with van der Waals surface area (Å²) in [6.07, 6.45) is 4.38. The average Bonchev–Trinajstić information content (AvgIpc) is 3.79. The number of fused-ring (bicyclic) bond motifs is 3. The summed E-state index contributed by atoms with van der Waals surface area (Å²) in [5.41, 5.74) is -1.38. The predicted octanol–water partition coefficient (Wildman–Crippen LogP) is 5.21. The van der Waals surface area contributed by atoms with Gasteiger partial charge in [0.25, 0.3) is 0 Å². The van der Waals surface area contributed by atoms with Gasteiger partial charge in [-0.1, -0.05) is 30.8 Å². The van der Waals surface area contributed by atoms with E-state index >= 15 is 8.78 Å². The number of halogens is 4. The second kappa shape index (κ2) is 11.7. The molecule has 0 N–H and O–H groups in total. The molecular formula is C35H34F4N6O3. The van der Waals surface area contributed by atoms with E-state index in [1.165, 1.54) is 24.4 Å². The van der Waals surface area contributed by atoms with Crippen LogP contribution in [-0.4, -0.2) is 100 Å². The van der Waals surface area contributed by atoms with Crippen molar-refractivity contribution in [1.29, 1.82) is 0 Å².